The molecule has 5 nitrogen and oxygen atoms in total. The van der Waals surface area contributed by atoms with E-state index in [0.717, 1.165) is 11.5 Å². The van der Waals surface area contributed by atoms with Crippen molar-refractivity contribution in [3.05, 3.63) is 16.1 Å². The van der Waals surface area contributed by atoms with E-state index in [1.54, 1.807) is 6.92 Å². The molecule has 0 aliphatic heterocycles. The van der Waals surface area contributed by atoms with Crippen LogP contribution in [-0.4, -0.2) is 28.5 Å². The quantitative estimate of drug-likeness (QED) is 0.720. The Hall–Kier alpha value is -1.43. The van der Waals surface area contributed by atoms with Crippen molar-refractivity contribution in [3.63, 3.8) is 0 Å². The van der Waals surface area contributed by atoms with Gasteiger partial charge in [0.1, 0.15) is 10.4 Å². The van der Waals surface area contributed by atoms with Gasteiger partial charge in [-0.2, -0.15) is 4.37 Å². The lowest BCUT2D eigenvalue weighted by Gasteiger charge is -1.97. The Labute approximate surface area is 78.1 Å². The van der Waals surface area contributed by atoms with Crippen molar-refractivity contribution in [2.24, 2.45) is 0 Å². The minimum absolute atomic E-state index is 0.0417. The summed E-state index contributed by atoms with van der Waals surface area (Å²) in [6.07, 6.45) is 0. The molecule has 0 unspecified atom stereocenters. The van der Waals surface area contributed by atoms with Crippen molar-refractivity contribution >= 4 is 23.5 Å². The highest BCUT2D eigenvalue weighted by Crippen LogP contribution is 2.18. The minimum atomic E-state index is -1.16. The van der Waals surface area contributed by atoms with Crippen LogP contribution in [0, 0.1) is 6.92 Å². The van der Waals surface area contributed by atoms with Crippen molar-refractivity contribution in [3.8, 4) is 0 Å². The third kappa shape index (κ3) is 1.67. The number of ether oxygens (including phenoxy) is 1. The number of hydrogen-bond donors (Lipinski definition) is 1. The molecule has 0 fully saturated rings. The molecule has 0 aliphatic rings. The van der Waals surface area contributed by atoms with Gasteiger partial charge in [0.25, 0.3) is 0 Å². The number of methoxy groups -OCH3 is 1. The van der Waals surface area contributed by atoms with E-state index >= 15 is 0 Å². The number of carbonyl (C=O) groups is 2. The molecule has 1 heterocycles. The smallest absolute Gasteiger partial charge is 0.348 e. The van der Waals surface area contributed by atoms with Crippen molar-refractivity contribution in [2.75, 3.05) is 7.11 Å². The maximum absolute atomic E-state index is 11.1. The second kappa shape index (κ2) is 3.53. The molecule has 0 bridgehead atoms. The lowest BCUT2D eigenvalue weighted by atomic mass is 10.2. The summed E-state index contributed by atoms with van der Waals surface area (Å²) < 4.78 is 8.20. The topological polar surface area (TPSA) is 76.5 Å². The van der Waals surface area contributed by atoms with Gasteiger partial charge in [-0.05, 0) is 18.5 Å². The van der Waals surface area contributed by atoms with Crippen molar-refractivity contribution in [1.82, 2.24) is 4.37 Å². The molecule has 13 heavy (non-hydrogen) atoms. The monoisotopic (exact) mass is 201 g/mol. The molecular formula is C7H7NO4S. The van der Waals surface area contributed by atoms with Crippen LogP contribution in [0.3, 0.4) is 0 Å². The van der Waals surface area contributed by atoms with E-state index in [2.05, 4.69) is 9.11 Å². The van der Waals surface area contributed by atoms with Gasteiger partial charge in [0.05, 0.1) is 12.8 Å². The minimum Gasteiger partial charge on any atom is -0.477 e. The average molecular weight is 201 g/mol. The van der Waals surface area contributed by atoms with Crippen LogP contribution in [0.15, 0.2) is 0 Å². The number of rotatable bonds is 2. The van der Waals surface area contributed by atoms with Crippen molar-refractivity contribution < 1.29 is 19.4 Å². The summed E-state index contributed by atoms with van der Waals surface area (Å²) in [4.78, 5) is 21.6. The van der Waals surface area contributed by atoms with Crippen LogP contribution < -0.4 is 0 Å². The summed E-state index contributed by atoms with van der Waals surface area (Å²) in [5.41, 5.74) is 0.425. The van der Waals surface area contributed by atoms with E-state index in [-0.39, 0.29) is 10.4 Å². The zero-order chi connectivity index (χ0) is 10.0. The Bertz CT molecular complexity index is 357. The van der Waals surface area contributed by atoms with E-state index in [0.29, 0.717) is 5.69 Å². The van der Waals surface area contributed by atoms with Gasteiger partial charge in [-0.3, -0.25) is 0 Å². The molecule has 0 atom stereocenters. The van der Waals surface area contributed by atoms with E-state index in [4.69, 9.17) is 5.11 Å². The van der Waals surface area contributed by atoms with Gasteiger partial charge in [0, 0.05) is 0 Å². The predicted molar refractivity (Wildman–Crippen MR) is 45.1 cm³/mol. The highest BCUT2D eigenvalue weighted by Gasteiger charge is 2.23. The van der Waals surface area contributed by atoms with E-state index < -0.39 is 11.9 Å². The first-order chi connectivity index (χ1) is 6.07. The van der Waals surface area contributed by atoms with E-state index in [9.17, 15) is 9.59 Å². The largest absolute Gasteiger partial charge is 0.477 e. The number of aromatic nitrogens is 1. The first-order valence-electron chi connectivity index (χ1n) is 3.35. The van der Waals surface area contributed by atoms with Gasteiger partial charge >= 0.3 is 11.9 Å². The normalized spacial score (nSPS) is 9.69. The number of carboxylic acids is 1. The molecule has 1 aromatic heterocycles. The van der Waals surface area contributed by atoms with Crippen LogP contribution in [0.5, 0.6) is 0 Å². The Kier molecular flexibility index (Phi) is 2.62. The number of esters is 1. The first kappa shape index (κ1) is 9.66. The average Bonchev–Trinajstić information content (AvgIpc) is 2.46. The zero-order valence-electron chi connectivity index (χ0n) is 7.03. The van der Waals surface area contributed by atoms with Crippen molar-refractivity contribution in [2.45, 2.75) is 6.92 Å². The van der Waals surface area contributed by atoms with Gasteiger partial charge in [-0.25, -0.2) is 9.59 Å². The van der Waals surface area contributed by atoms with Gasteiger partial charge in [0.15, 0.2) is 0 Å². The lowest BCUT2D eigenvalue weighted by molar-refractivity contribution is 0.0584. The fourth-order valence-corrected chi connectivity index (χ4v) is 1.58. The summed E-state index contributed by atoms with van der Waals surface area (Å²) in [7, 11) is 1.20. The molecule has 0 saturated carbocycles. The summed E-state index contributed by atoms with van der Waals surface area (Å²) in [6, 6.07) is 0. The molecule has 0 aliphatic carbocycles. The van der Waals surface area contributed by atoms with Crippen LogP contribution >= 0.6 is 11.5 Å². The Balaban J connectivity index is 3.24. The maximum Gasteiger partial charge on any atom is 0.348 e. The SMILES string of the molecule is COC(=O)c1c(C)nsc1C(=O)O. The van der Waals surface area contributed by atoms with Gasteiger partial charge < -0.3 is 9.84 Å². The zero-order valence-corrected chi connectivity index (χ0v) is 7.84. The van der Waals surface area contributed by atoms with Gasteiger partial charge in [0.2, 0.25) is 0 Å². The fraction of sp³-hybridized carbons (Fsp3) is 0.286. The third-order valence-corrected chi connectivity index (χ3v) is 2.37. The highest BCUT2D eigenvalue weighted by molar-refractivity contribution is 7.08. The van der Waals surface area contributed by atoms with Crippen LogP contribution in [0.4, 0.5) is 0 Å². The Morgan fingerprint density at radius 3 is 2.62 bits per heavy atom. The molecule has 0 radical (unpaired) electrons. The molecule has 70 valence electrons. The summed E-state index contributed by atoms with van der Waals surface area (Å²) in [6.45, 7) is 1.56. The van der Waals surface area contributed by atoms with E-state index in [1.165, 1.54) is 7.11 Å². The molecular weight excluding hydrogens is 194 g/mol. The molecule has 0 aromatic carbocycles. The number of aromatic carboxylic acids is 1. The molecule has 0 amide bonds. The fourth-order valence-electron chi connectivity index (χ4n) is 0.858. The summed E-state index contributed by atoms with van der Waals surface area (Å²) >= 11 is 0.778. The predicted octanol–water partition coefficient (Wildman–Crippen LogP) is 0.936. The second-order valence-electron chi connectivity index (χ2n) is 2.27. The molecule has 0 saturated heterocycles. The number of nitrogens with zero attached hydrogens (tertiary/aromatic N) is 1. The van der Waals surface area contributed by atoms with Crippen LogP contribution in [-0.2, 0) is 4.74 Å². The molecule has 1 N–H and O–H groups in total. The first-order valence-corrected chi connectivity index (χ1v) is 4.13. The van der Waals surface area contributed by atoms with Crippen LogP contribution in [0.1, 0.15) is 25.7 Å². The lowest BCUT2D eigenvalue weighted by Crippen LogP contribution is -2.08. The standard InChI is InChI=1S/C7H7NO4S/c1-3-4(7(11)12-2)5(6(9)10)13-8-3/h1-2H3,(H,9,10). The molecule has 1 aromatic rings. The number of carboxylic acid groups (broad SMARTS) is 1. The highest BCUT2D eigenvalue weighted by atomic mass is 32.1. The molecule has 6 heteroatoms. The molecule has 1 rings (SSSR count). The van der Waals surface area contributed by atoms with Crippen LogP contribution in [0.25, 0.3) is 0 Å². The maximum atomic E-state index is 11.1. The second-order valence-corrected chi connectivity index (χ2v) is 3.04. The van der Waals surface area contributed by atoms with E-state index in [1.807, 2.05) is 0 Å². The van der Waals surface area contributed by atoms with Crippen LogP contribution in [0.2, 0.25) is 0 Å². The Morgan fingerprint density at radius 1 is 1.54 bits per heavy atom. The summed E-state index contributed by atoms with van der Waals surface area (Å²) in [5, 5.41) is 8.69. The van der Waals surface area contributed by atoms with Gasteiger partial charge in [-0.15, -0.1) is 0 Å². The van der Waals surface area contributed by atoms with Crippen molar-refractivity contribution in [1.29, 1.82) is 0 Å². The molecule has 0 spiro atoms. The summed E-state index contributed by atoms with van der Waals surface area (Å²) in [5.74, 6) is -1.82. The van der Waals surface area contributed by atoms with Gasteiger partial charge in [-0.1, -0.05) is 0 Å². The number of hydrogen-bond acceptors (Lipinski definition) is 5. The third-order valence-electron chi connectivity index (χ3n) is 1.45. The number of aryl methyl sites for hydroxylation is 1. The Morgan fingerprint density at radius 2 is 2.15 bits per heavy atom. The number of carbonyl (C=O) groups excluding carboxylic acids is 1.